The number of amides is 1. The number of alkyl carbamates (subject to hydrolysis) is 1. The van der Waals surface area contributed by atoms with Crippen molar-refractivity contribution in [2.75, 3.05) is 33.2 Å². The summed E-state index contributed by atoms with van der Waals surface area (Å²) in [6.45, 7) is 14.9. The lowest BCUT2D eigenvalue weighted by atomic mass is 10.1. The maximum absolute atomic E-state index is 11.5. The second kappa shape index (κ2) is 12.6. The first-order valence-corrected chi connectivity index (χ1v) is 8.20. The molecular weight excluding hydrogens is 421 g/mol. The van der Waals surface area contributed by atoms with E-state index in [0.29, 0.717) is 6.54 Å². The Morgan fingerprint density at radius 3 is 1.96 bits per heavy atom. The molecule has 144 valence electrons. The van der Waals surface area contributed by atoms with E-state index in [9.17, 15) is 4.79 Å². The van der Waals surface area contributed by atoms with Gasteiger partial charge in [-0.1, -0.05) is 0 Å². The summed E-state index contributed by atoms with van der Waals surface area (Å²) in [5.41, 5.74) is -0.346. The second-order valence-electron chi connectivity index (χ2n) is 7.38. The minimum absolute atomic E-state index is 0. The fourth-order valence-corrected chi connectivity index (χ4v) is 1.64. The van der Waals surface area contributed by atoms with Gasteiger partial charge in [0.2, 0.25) is 0 Å². The smallest absolute Gasteiger partial charge is 0.407 e. The van der Waals surface area contributed by atoms with E-state index in [2.05, 4.69) is 47.0 Å². The first-order valence-electron chi connectivity index (χ1n) is 8.20. The molecule has 0 saturated carbocycles. The van der Waals surface area contributed by atoms with Gasteiger partial charge in [0.15, 0.2) is 5.96 Å². The number of rotatable bonds is 7. The Morgan fingerprint density at radius 1 is 0.917 bits per heavy atom. The summed E-state index contributed by atoms with van der Waals surface area (Å²) >= 11 is 0. The van der Waals surface area contributed by atoms with E-state index in [-0.39, 0.29) is 35.6 Å². The third-order valence-electron chi connectivity index (χ3n) is 2.61. The van der Waals surface area contributed by atoms with E-state index in [4.69, 9.17) is 4.74 Å². The average Bonchev–Trinajstić information content (AvgIpc) is 2.37. The van der Waals surface area contributed by atoms with Crippen molar-refractivity contribution in [3.63, 3.8) is 0 Å². The highest BCUT2D eigenvalue weighted by Crippen LogP contribution is 2.06. The summed E-state index contributed by atoms with van der Waals surface area (Å²) in [6, 6.07) is 0. The van der Waals surface area contributed by atoms with Gasteiger partial charge in [-0.2, -0.15) is 0 Å². The zero-order chi connectivity index (χ0) is 17.9. The van der Waals surface area contributed by atoms with Gasteiger partial charge in [-0.05, 0) is 48.0 Å². The predicted octanol–water partition coefficient (Wildman–Crippen LogP) is 2.07. The van der Waals surface area contributed by atoms with Crippen LogP contribution in [0.25, 0.3) is 0 Å². The number of halogens is 1. The van der Waals surface area contributed by atoms with Crippen LogP contribution in [0.4, 0.5) is 4.79 Å². The zero-order valence-corrected chi connectivity index (χ0v) is 18.5. The average molecular weight is 457 g/mol. The van der Waals surface area contributed by atoms with Crippen molar-refractivity contribution in [2.24, 2.45) is 4.99 Å². The normalized spacial score (nSPS) is 12.2. The third-order valence-corrected chi connectivity index (χ3v) is 2.61. The minimum Gasteiger partial charge on any atom is -0.444 e. The van der Waals surface area contributed by atoms with E-state index in [1.807, 2.05) is 20.8 Å². The first kappa shape index (κ1) is 25.5. The van der Waals surface area contributed by atoms with Crippen LogP contribution in [-0.4, -0.2) is 56.4 Å². The van der Waals surface area contributed by atoms with Crippen LogP contribution in [0, 0.1) is 0 Å². The van der Waals surface area contributed by atoms with Gasteiger partial charge in [0.1, 0.15) is 5.60 Å². The molecule has 8 heteroatoms. The molecule has 1 amide bonds. The molecule has 0 rings (SSSR count). The molecular formula is C16H36IN5O2. The largest absolute Gasteiger partial charge is 0.444 e. The van der Waals surface area contributed by atoms with E-state index in [0.717, 1.165) is 32.0 Å². The summed E-state index contributed by atoms with van der Waals surface area (Å²) in [7, 11) is 1.74. The van der Waals surface area contributed by atoms with Crippen molar-refractivity contribution in [3.8, 4) is 0 Å². The molecule has 0 radical (unpaired) electrons. The molecule has 0 aromatic heterocycles. The fraction of sp³-hybridized carbons (Fsp3) is 0.875. The summed E-state index contributed by atoms with van der Waals surface area (Å²) in [5.74, 6) is 0.762. The van der Waals surface area contributed by atoms with Gasteiger partial charge in [-0.25, -0.2) is 4.79 Å². The Bertz CT molecular complexity index is 376. The van der Waals surface area contributed by atoms with Crippen molar-refractivity contribution in [3.05, 3.63) is 0 Å². The van der Waals surface area contributed by atoms with Crippen molar-refractivity contribution < 1.29 is 9.53 Å². The Kier molecular flexibility index (Phi) is 13.3. The molecule has 0 heterocycles. The van der Waals surface area contributed by atoms with E-state index < -0.39 is 5.60 Å². The number of hydrogen-bond acceptors (Lipinski definition) is 4. The number of carbonyl (C=O) groups is 1. The van der Waals surface area contributed by atoms with Gasteiger partial charge in [0, 0.05) is 38.8 Å². The highest BCUT2D eigenvalue weighted by molar-refractivity contribution is 14.0. The standard InChI is InChI=1S/C16H35N5O2.HI/c1-15(2,3)21-12-11-19-13(17-7)18-9-8-10-20-14(22)23-16(4,5)6;/h21H,8-12H2,1-7H3,(H,20,22)(H2,17,18,19);1H. The fourth-order valence-electron chi connectivity index (χ4n) is 1.64. The van der Waals surface area contributed by atoms with E-state index in [1.165, 1.54) is 0 Å². The molecule has 0 aromatic rings. The number of ether oxygens (including phenoxy) is 1. The minimum atomic E-state index is -0.463. The predicted molar refractivity (Wildman–Crippen MR) is 111 cm³/mol. The van der Waals surface area contributed by atoms with Crippen LogP contribution in [0.5, 0.6) is 0 Å². The maximum Gasteiger partial charge on any atom is 0.407 e. The summed E-state index contributed by atoms with van der Waals surface area (Å²) in [4.78, 5) is 15.6. The van der Waals surface area contributed by atoms with Gasteiger partial charge in [-0.15, -0.1) is 24.0 Å². The van der Waals surface area contributed by atoms with Crippen molar-refractivity contribution in [2.45, 2.75) is 59.1 Å². The molecule has 24 heavy (non-hydrogen) atoms. The molecule has 0 aliphatic carbocycles. The summed E-state index contributed by atoms with van der Waals surface area (Å²) in [6.07, 6.45) is 0.411. The molecule has 0 aromatic carbocycles. The highest BCUT2D eigenvalue weighted by Gasteiger charge is 2.15. The molecule has 7 nitrogen and oxygen atoms in total. The topological polar surface area (TPSA) is 86.8 Å². The Labute approximate surface area is 164 Å². The zero-order valence-electron chi connectivity index (χ0n) is 16.2. The number of nitrogens with one attached hydrogen (secondary N) is 4. The summed E-state index contributed by atoms with van der Waals surface area (Å²) < 4.78 is 5.17. The van der Waals surface area contributed by atoms with Crippen LogP contribution >= 0.6 is 24.0 Å². The van der Waals surface area contributed by atoms with Crippen LogP contribution in [-0.2, 0) is 4.74 Å². The maximum atomic E-state index is 11.5. The molecule has 0 aliphatic heterocycles. The second-order valence-corrected chi connectivity index (χ2v) is 7.38. The quantitative estimate of drug-likeness (QED) is 0.204. The van der Waals surface area contributed by atoms with Crippen LogP contribution in [0.3, 0.4) is 0 Å². The number of guanidine groups is 1. The van der Waals surface area contributed by atoms with Crippen molar-refractivity contribution in [1.29, 1.82) is 0 Å². The van der Waals surface area contributed by atoms with Crippen molar-refractivity contribution in [1.82, 2.24) is 21.3 Å². The lowest BCUT2D eigenvalue weighted by molar-refractivity contribution is 0.0527. The monoisotopic (exact) mass is 457 g/mol. The Hall–Kier alpha value is -0.770. The number of carbonyl (C=O) groups excluding carboxylic acids is 1. The van der Waals surface area contributed by atoms with Crippen LogP contribution in [0.15, 0.2) is 4.99 Å². The summed E-state index contributed by atoms with van der Waals surface area (Å²) in [5, 5.41) is 12.6. The Morgan fingerprint density at radius 2 is 1.46 bits per heavy atom. The Balaban J connectivity index is 0. The molecule has 0 spiro atoms. The number of nitrogens with zero attached hydrogens (tertiary/aromatic N) is 1. The van der Waals surface area contributed by atoms with Crippen molar-refractivity contribution >= 4 is 36.0 Å². The van der Waals surface area contributed by atoms with Crippen LogP contribution in [0.1, 0.15) is 48.0 Å². The lowest BCUT2D eigenvalue weighted by Gasteiger charge is -2.21. The molecule has 0 fully saturated rings. The van der Waals surface area contributed by atoms with Gasteiger partial charge >= 0.3 is 6.09 Å². The molecule has 4 N–H and O–H groups in total. The van der Waals surface area contributed by atoms with E-state index in [1.54, 1.807) is 7.05 Å². The molecule has 0 aliphatic rings. The SMILES string of the molecule is CN=C(NCCCNC(=O)OC(C)(C)C)NCCNC(C)(C)C.I. The van der Waals surface area contributed by atoms with Crippen LogP contribution < -0.4 is 21.3 Å². The molecule has 0 bridgehead atoms. The number of hydrogen-bond donors (Lipinski definition) is 4. The van der Waals surface area contributed by atoms with E-state index >= 15 is 0 Å². The number of aliphatic imine (C=N–C) groups is 1. The third kappa shape index (κ3) is 17.6. The first-order chi connectivity index (χ1) is 10.5. The van der Waals surface area contributed by atoms with Gasteiger partial charge in [-0.3, -0.25) is 4.99 Å². The van der Waals surface area contributed by atoms with Gasteiger partial charge in [0.25, 0.3) is 0 Å². The molecule has 0 atom stereocenters. The molecule has 0 saturated heterocycles. The van der Waals surface area contributed by atoms with Gasteiger partial charge < -0.3 is 26.0 Å². The highest BCUT2D eigenvalue weighted by atomic mass is 127. The van der Waals surface area contributed by atoms with Gasteiger partial charge in [0.05, 0.1) is 0 Å². The van der Waals surface area contributed by atoms with Crippen LogP contribution in [0.2, 0.25) is 0 Å². The lowest BCUT2D eigenvalue weighted by Crippen LogP contribution is -2.45. The molecule has 0 unspecified atom stereocenters.